The van der Waals surface area contributed by atoms with E-state index in [9.17, 15) is 4.79 Å². The van der Waals surface area contributed by atoms with Crippen LogP contribution in [-0.4, -0.2) is 37.6 Å². The monoisotopic (exact) mass is 332 g/mol. The van der Waals surface area contributed by atoms with Crippen LogP contribution in [0.25, 0.3) is 22.4 Å². The van der Waals surface area contributed by atoms with E-state index in [0.29, 0.717) is 24.4 Å². The molecule has 0 saturated carbocycles. The van der Waals surface area contributed by atoms with Gasteiger partial charge in [-0.25, -0.2) is 9.97 Å². The molecule has 0 aliphatic heterocycles. The molecule has 0 spiro atoms. The number of carbonyl (C=O) groups is 1. The minimum Gasteiger partial charge on any atom is -0.352 e. The minimum absolute atomic E-state index is 0.150. The largest absolute Gasteiger partial charge is 0.352 e. The van der Waals surface area contributed by atoms with Gasteiger partial charge in [-0.3, -0.25) is 9.89 Å². The van der Waals surface area contributed by atoms with Gasteiger partial charge in [0.25, 0.3) is 5.91 Å². The number of carbonyl (C=O) groups excluding carboxylic acids is 1. The van der Waals surface area contributed by atoms with Gasteiger partial charge in [-0.05, 0) is 18.2 Å². The van der Waals surface area contributed by atoms with Crippen LogP contribution < -0.4 is 5.32 Å². The Morgan fingerprint density at radius 3 is 2.76 bits per heavy atom. The van der Waals surface area contributed by atoms with Crippen molar-refractivity contribution in [2.24, 2.45) is 0 Å². The molecule has 2 aromatic carbocycles. The Bertz CT molecular complexity index is 972. The Morgan fingerprint density at radius 2 is 1.92 bits per heavy atom. The first-order chi connectivity index (χ1) is 12.3. The summed E-state index contributed by atoms with van der Waals surface area (Å²) in [4.78, 5) is 24.4. The highest BCUT2D eigenvalue weighted by atomic mass is 16.1. The van der Waals surface area contributed by atoms with Gasteiger partial charge in [-0.15, -0.1) is 0 Å². The summed E-state index contributed by atoms with van der Waals surface area (Å²) in [7, 11) is 0. The van der Waals surface area contributed by atoms with Gasteiger partial charge < -0.3 is 10.3 Å². The molecule has 0 bridgehead atoms. The molecule has 0 unspecified atom stereocenters. The Labute approximate surface area is 143 Å². The highest BCUT2D eigenvalue weighted by Gasteiger charge is 2.14. The summed E-state index contributed by atoms with van der Waals surface area (Å²) in [5, 5.41) is 9.56. The molecule has 7 heteroatoms. The Hall–Kier alpha value is -3.48. The zero-order valence-corrected chi connectivity index (χ0v) is 13.4. The fourth-order valence-corrected chi connectivity index (χ4v) is 2.74. The van der Waals surface area contributed by atoms with Crippen molar-refractivity contribution in [3.63, 3.8) is 0 Å². The number of benzene rings is 2. The van der Waals surface area contributed by atoms with Gasteiger partial charge in [0.05, 0.1) is 16.6 Å². The number of amides is 1. The van der Waals surface area contributed by atoms with E-state index in [0.717, 1.165) is 22.4 Å². The average molecular weight is 332 g/mol. The molecular weight excluding hydrogens is 316 g/mol. The topological polar surface area (TPSA) is 99.3 Å². The lowest BCUT2D eigenvalue weighted by Gasteiger charge is -2.07. The van der Waals surface area contributed by atoms with Gasteiger partial charge >= 0.3 is 0 Å². The van der Waals surface area contributed by atoms with E-state index >= 15 is 0 Å². The molecule has 0 aliphatic carbocycles. The van der Waals surface area contributed by atoms with E-state index in [1.165, 1.54) is 6.33 Å². The molecule has 0 atom stereocenters. The maximum absolute atomic E-state index is 12.5. The van der Waals surface area contributed by atoms with Crippen LogP contribution in [0.2, 0.25) is 0 Å². The lowest BCUT2D eigenvalue weighted by atomic mass is 10.1. The first-order valence-electron chi connectivity index (χ1n) is 7.98. The van der Waals surface area contributed by atoms with Crippen LogP contribution in [0.4, 0.5) is 0 Å². The molecule has 124 valence electrons. The van der Waals surface area contributed by atoms with Crippen molar-refractivity contribution in [2.75, 3.05) is 6.54 Å². The summed E-state index contributed by atoms with van der Waals surface area (Å²) < 4.78 is 0. The standard InChI is InChI=1S/C18H16N6O/c25-18(13-6-2-1-5-12(13)17-20-11-21-24-17)19-10-9-16-22-14-7-3-4-8-15(14)23-16/h1-8,11H,9-10H2,(H,19,25)(H,22,23)(H,20,21,24). The van der Waals surface area contributed by atoms with Crippen molar-refractivity contribution >= 4 is 16.9 Å². The predicted octanol–water partition coefficient (Wildman–Crippen LogP) is 2.32. The van der Waals surface area contributed by atoms with Crippen LogP contribution in [0.15, 0.2) is 54.9 Å². The minimum atomic E-state index is -0.150. The Balaban J connectivity index is 1.44. The third-order valence-electron chi connectivity index (χ3n) is 3.93. The Morgan fingerprint density at radius 1 is 1.08 bits per heavy atom. The fourth-order valence-electron chi connectivity index (χ4n) is 2.74. The second-order valence-electron chi connectivity index (χ2n) is 5.59. The summed E-state index contributed by atoms with van der Waals surface area (Å²) in [5.41, 5.74) is 3.21. The lowest BCUT2D eigenvalue weighted by molar-refractivity contribution is 0.0954. The van der Waals surface area contributed by atoms with Gasteiger partial charge in [-0.1, -0.05) is 30.3 Å². The zero-order valence-electron chi connectivity index (χ0n) is 13.4. The SMILES string of the molecule is O=C(NCCc1nc2ccccc2[nH]1)c1ccccc1-c1ncn[nH]1. The second kappa shape index (κ2) is 6.56. The molecule has 3 N–H and O–H groups in total. The van der Waals surface area contributed by atoms with Crippen LogP contribution in [0.1, 0.15) is 16.2 Å². The van der Waals surface area contributed by atoms with Crippen LogP contribution >= 0.6 is 0 Å². The van der Waals surface area contributed by atoms with Crippen LogP contribution in [-0.2, 0) is 6.42 Å². The molecule has 0 saturated heterocycles. The summed E-state index contributed by atoms with van der Waals surface area (Å²) in [6, 6.07) is 15.2. The molecule has 1 amide bonds. The maximum atomic E-state index is 12.5. The van der Waals surface area contributed by atoms with Gasteiger partial charge in [0.15, 0.2) is 5.82 Å². The summed E-state index contributed by atoms with van der Waals surface area (Å²) >= 11 is 0. The highest BCUT2D eigenvalue weighted by molar-refractivity contribution is 6.00. The van der Waals surface area contributed by atoms with Gasteiger partial charge in [0, 0.05) is 18.5 Å². The maximum Gasteiger partial charge on any atom is 0.252 e. The van der Waals surface area contributed by atoms with Crippen LogP contribution in [0, 0.1) is 0 Å². The molecule has 0 radical (unpaired) electrons. The van der Waals surface area contributed by atoms with E-state index in [4.69, 9.17) is 0 Å². The predicted molar refractivity (Wildman–Crippen MR) is 93.9 cm³/mol. The number of aromatic nitrogens is 5. The average Bonchev–Trinajstić information content (AvgIpc) is 3.31. The molecule has 0 fully saturated rings. The van der Waals surface area contributed by atoms with Crippen molar-refractivity contribution in [1.29, 1.82) is 0 Å². The van der Waals surface area contributed by atoms with E-state index in [1.807, 2.05) is 42.5 Å². The summed E-state index contributed by atoms with van der Waals surface area (Å²) in [6.07, 6.45) is 2.05. The van der Waals surface area contributed by atoms with Crippen molar-refractivity contribution in [3.05, 3.63) is 66.2 Å². The number of H-pyrrole nitrogens is 2. The fraction of sp³-hybridized carbons (Fsp3) is 0.111. The molecule has 25 heavy (non-hydrogen) atoms. The van der Waals surface area contributed by atoms with Crippen molar-refractivity contribution < 1.29 is 4.79 Å². The van der Waals surface area contributed by atoms with E-state index in [2.05, 4.69) is 30.5 Å². The molecule has 7 nitrogen and oxygen atoms in total. The number of aromatic amines is 2. The number of nitrogens with zero attached hydrogens (tertiary/aromatic N) is 3. The first kappa shape index (κ1) is 15.1. The smallest absolute Gasteiger partial charge is 0.252 e. The molecular formula is C18H16N6O. The lowest BCUT2D eigenvalue weighted by Crippen LogP contribution is -2.26. The van der Waals surface area contributed by atoms with E-state index in [1.54, 1.807) is 6.07 Å². The third kappa shape index (κ3) is 3.12. The molecule has 4 rings (SSSR count). The second-order valence-corrected chi connectivity index (χ2v) is 5.59. The van der Waals surface area contributed by atoms with Crippen molar-refractivity contribution in [3.8, 4) is 11.4 Å². The van der Waals surface area contributed by atoms with Crippen LogP contribution in [0.3, 0.4) is 0 Å². The van der Waals surface area contributed by atoms with Gasteiger partial charge in [0.2, 0.25) is 0 Å². The van der Waals surface area contributed by atoms with Gasteiger partial charge in [-0.2, -0.15) is 5.10 Å². The molecule has 4 aromatic rings. The normalized spacial score (nSPS) is 10.9. The quantitative estimate of drug-likeness (QED) is 0.522. The van der Waals surface area contributed by atoms with E-state index < -0.39 is 0 Å². The number of rotatable bonds is 5. The zero-order chi connectivity index (χ0) is 17.1. The molecule has 2 aromatic heterocycles. The summed E-state index contributed by atoms with van der Waals surface area (Å²) in [6.45, 7) is 0.489. The van der Waals surface area contributed by atoms with Crippen LogP contribution in [0.5, 0.6) is 0 Å². The number of para-hydroxylation sites is 2. The van der Waals surface area contributed by atoms with Crippen molar-refractivity contribution in [1.82, 2.24) is 30.5 Å². The number of hydrogen-bond acceptors (Lipinski definition) is 4. The Kier molecular flexibility index (Phi) is 3.96. The molecule has 2 heterocycles. The van der Waals surface area contributed by atoms with Crippen molar-refractivity contribution in [2.45, 2.75) is 6.42 Å². The molecule has 0 aliphatic rings. The van der Waals surface area contributed by atoms with Gasteiger partial charge in [0.1, 0.15) is 12.2 Å². The highest BCUT2D eigenvalue weighted by Crippen LogP contribution is 2.19. The number of hydrogen-bond donors (Lipinski definition) is 3. The number of fused-ring (bicyclic) bond motifs is 1. The number of nitrogens with one attached hydrogen (secondary N) is 3. The number of imidazole rings is 1. The van der Waals surface area contributed by atoms with E-state index in [-0.39, 0.29) is 5.91 Å². The summed E-state index contributed by atoms with van der Waals surface area (Å²) in [5.74, 6) is 1.27. The first-order valence-corrected chi connectivity index (χ1v) is 7.98. The third-order valence-corrected chi connectivity index (χ3v) is 3.93.